The predicted octanol–water partition coefficient (Wildman–Crippen LogP) is 4.66. The molecular weight excluding hydrogens is 416 g/mol. The van der Waals surface area contributed by atoms with E-state index in [4.69, 9.17) is 23.8 Å². The second-order valence-electron chi connectivity index (χ2n) is 7.98. The van der Waals surface area contributed by atoms with Crippen molar-refractivity contribution in [3.05, 3.63) is 64.7 Å². The molecule has 2 aromatic rings. The molecule has 1 fully saturated rings. The molecule has 0 unspecified atom stereocenters. The molecule has 0 amide bonds. The summed E-state index contributed by atoms with van der Waals surface area (Å²) in [5.41, 5.74) is 3.39. The van der Waals surface area contributed by atoms with E-state index < -0.39 is 5.97 Å². The molecule has 1 N–H and O–H groups in total. The molecule has 1 aliphatic rings. The van der Waals surface area contributed by atoms with Gasteiger partial charge in [0.05, 0.1) is 0 Å². The molecule has 0 saturated heterocycles. The number of carbonyl (C=O) groups is 1. The lowest BCUT2D eigenvalue weighted by molar-refractivity contribution is -0.312. The molecule has 0 aromatic heterocycles. The monoisotopic (exact) mass is 443 g/mol. The van der Waals surface area contributed by atoms with Gasteiger partial charge in [0, 0.05) is 29.8 Å². The summed E-state index contributed by atoms with van der Waals surface area (Å²) >= 11 is 11.8. The van der Waals surface area contributed by atoms with E-state index in [0.717, 1.165) is 37.1 Å². The number of carbonyl (C=O) groups excluding carboxylic acids is 1. The Bertz CT molecular complexity index is 864. The molecule has 0 heterocycles. The number of aryl methyl sites for hydroxylation is 1. The molecule has 1 saturated carbocycles. The number of aliphatic carboxylic acids is 1. The standard InChI is InChI=1S/C24H29ClN2O2S/c1-2-19-5-3-4-6-22(19)26-24(30)27(16-18-9-13-21(25)14-10-18)15-17-7-11-20(12-8-17)23(28)29/h3-6,9-10,13-14,17,20H,2,7-8,11-12,15-16H2,1H3,(H,26,30)(H,28,29)/p-1. The summed E-state index contributed by atoms with van der Waals surface area (Å²) in [7, 11) is 0. The molecule has 2 aromatic carbocycles. The third-order valence-corrected chi connectivity index (χ3v) is 6.48. The Morgan fingerprint density at radius 3 is 2.43 bits per heavy atom. The zero-order chi connectivity index (χ0) is 21.5. The van der Waals surface area contributed by atoms with Crippen LogP contribution in [0.5, 0.6) is 0 Å². The van der Waals surface area contributed by atoms with Gasteiger partial charge in [-0.25, -0.2) is 0 Å². The Morgan fingerprint density at radius 1 is 1.13 bits per heavy atom. The van der Waals surface area contributed by atoms with Crippen molar-refractivity contribution in [2.45, 2.75) is 45.6 Å². The van der Waals surface area contributed by atoms with Gasteiger partial charge in [0.25, 0.3) is 0 Å². The van der Waals surface area contributed by atoms with Crippen LogP contribution in [0.25, 0.3) is 0 Å². The van der Waals surface area contributed by atoms with Gasteiger partial charge in [0.2, 0.25) is 0 Å². The number of thiocarbonyl (C=S) groups is 1. The van der Waals surface area contributed by atoms with Crippen LogP contribution < -0.4 is 10.4 Å². The summed E-state index contributed by atoms with van der Waals surface area (Å²) in [4.78, 5) is 13.4. The number of halogens is 1. The molecule has 3 rings (SSSR count). The molecule has 30 heavy (non-hydrogen) atoms. The van der Waals surface area contributed by atoms with Crippen molar-refractivity contribution in [1.29, 1.82) is 0 Å². The predicted molar refractivity (Wildman–Crippen MR) is 124 cm³/mol. The number of nitrogens with zero attached hydrogens (tertiary/aromatic N) is 1. The number of rotatable bonds is 7. The fourth-order valence-corrected chi connectivity index (χ4v) is 4.44. The Labute approximate surface area is 189 Å². The first-order chi connectivity index (χ1) is 14.5. The van der Waals surface area contributed by atoms with Crippen LogP contribution in [0.4, 0.5) is 5.69 Å². The highest BCUT2D eigenvalue weighted by molar-refractivity contribution is 7.80. The lowest BCUT2D eigenvalue weighted by Crippen LogP contribution is -2.40. The first-order valence-electron chi connectivity index (χ1n) is 10.6. The molecule has 0 aliphatic heterocycles. The number of carboxylic acid groups (broad SMARTS) is 1. The SMILES string of the molecule is CCc1ccccc1NC(=S)N(Cc1ccc(Cl)cc1)CC1CCC(C(=O)[O-])CC1. The molecule has 0 radical (unpaired) electrons. The fourth-order valence-electron chi connectivity index (χ4n) is 4.07. The van der Waals surface area contributed by atoms with Gasteiger partial charge in [-0.3, -0.25) is 0 Å². The fraction of sp³-hybridized carbons (Fsp3) is 0.417. The minimum Gasteiger partial charge on any atom is -0.550 e. The quantitative estimate of drug-likeness (QED) is 0.631. The summed E-state index contributed by atoms with van der Waals surface area (Å²) in [6.07, 6.45) is 4.05. The van der Waals surface area contributed by atoms with E-state index >= 15 is 0 Å². The average Bonchev–Trinajstić information content (AvgIpc) is 2.75. The van der Waals surface area contributed by atoms with Crippen molar-refractivity contribution in [3.8, 4) is 0 Å². The Morgan fingerprint density at radius 2 is 1.80 bits per heavy atom. The maximum atomic E-state index is 11.2. The highest BCUT2D eigenvalue weighted by Crippen LogP contribution is 2.30. The first-order valence-corrected chi connectivity index (χ1v) is 11.3. The summed E-state index contributed by atoms with van der Waals surface area (Å²) in [6.45, 7) is 3.60. The van der Waals surface area contributed by atoms with E-state index in [2.05, 4.69) is 29.3 Å². The molecule has 1 aliphatic carbocycles. The summed E-state index contributed by atoms with van der Waals surface area (Å²) < 4.78 is 0. The van der Waals surface area contributed by atoms with Crippen LogP contribution in [0.3, 0.4) is 0 Å². The number of nitrogens with one attached hydrogen (secondary N) is 1. The van der Waals surface area contributed by atoms with Gasteiger partial charge >= 0.3 is 0 Å². The maximum Gasteiger partial charge on any atom is 0.173 e. The van der Waals surface area contributed by atoms with Gasteiger partial charge < -0.3 is 20.1 Å². The van der Waals surface area contributed by atoms with Gasteiger partial charge in [0.15, 0.2) is 5.11 Å². The third kappa shape index (κ3) is 6.19. The number of anilines is 1. The largest absolute Gasteiger partial charge is 0.550 e. The van der Waals surface area contributed by atoms with Gasteiger partial charge in [-0.2, -0.15) is 0 Å². The van der Waals surface area contributed by atoms with Gasteiger partial charge in [-0.1, -0.05) is 48.9 Å². The van der Waals surface area contributed by atoms with Crippen molar-refractivity contribution in [2.75, 3.05) is 11.9 Å². The van der Waals surface area contributed by atoms with Crippen molar-refractivity contribution in [2.24, 2.45) is 11.8 Å². The molecule has 160 valence electrons. The van der Waals surface area contributed by atoms with Gasteiger partial charge in [-0.15, -0.1) is 0 Å². The van der Waals surface area contributed by atoms with Crippen LogP contribution in [0.1, 0.15) is 43.7 Å². The van der Waals surface area contributed by atoms with Gasteiger partial charge in [-0.05, 0) is 85.5 Å². The van der Waals surface area contributed by atoms with E-state index in [1.807, 2.05) is 36.4 Å². The minimum absolute atomic E-state index is 0.313. The smallest absolute Gasteiger partial charge is 0.173 e. The highest BCUT2D eigenvalue weighted by atomic mass is 35.5. The normalized spacial score (nSPS) is 18.6. The number of carboxylic acids is 1. The van der Waals surface area contributed by atoms with Crippen LogP contribution in [0, 0.1) is 11.8 Å². The first kappa shape index (κ1) is 22.6. The van der Waals surface area contributed by atoms with Crippen LogP contribution in [0.2, 0.25) is 5.02 Å². The van der Waals surface area contributed by atoms with E-state index in [1.165, 1.54) is 5.56 Å². The van der Waals surface area contributed by atoms with Crippen molar-refractivity contribution in [3.63, 3.8) is 0 Å². The van der Waals surface area contributed by atoms with E-state index in [0.29, 0.717) is 35.4 Å². The maximum absolute atomic E-state index is 11.2. The molecular formula is C24H28ClN2O2S-. The van der Waals surface area contributed by atoms with Crippen LogP contribution in [-0.2, 0) is 17.8 Å². The number of hydrogen-bond donors (Lipinski definition) is 1. The van der Waals surface area contributed by atoms with Crippen molar-refractivity contribution < 1.29 is 9.90 Å². The molecule has 0 atom stereocenters. The minimum atomic E-state index is -0.917. The zero-order valence-electron chi connectivity index (χ0n) is 17.3. The summed E-state index contributed by atoms with van der Waals surface area (Å²) in [5, 5.41) is 16.0. The number of para-hydroxylation sites is 1. The van der Waals surface area contributed by atoms with E-state index in [9.17, 15) is 9.90 Å². The molecule has 0 spiro atoms. The summed E-state index contributed by atoms with van der Waals surface area (Å²) in [6, 6.07) is 16.0. The number of benzene rings is 2. The Balaban J connectivity index is 1.72. The molecule has 6 heteroatoms. The Hall–Kier alpha value is -2.11. The second kappa shape index (κ2) is 10.8. The zero-order valence-corrected chi connectivity index (χ0v) is 18.8. The third-order valence-electron chi connectivity index (χ3n) is 5.87. The van der Waals surface area contributed by atoms with Gasteiger partial charge in [0.1, 0.15) is 0 Å². The summed E-state index contributed by atoms with van der Waals surface area (Å²) in [5.74, 6) is -0.818. The van der Waals surface area contributed by atoms with Crippen molar-refractivity contribution >= 4 is 40.6 Å². The van der Waals surface area contributed by atoms with E-state index in [1.54, 1.807) is 0 Å². The molecule has 4 nitrogen and oxygen atoms in total. The molecule has 0 bridgehead atoms. The van der Waals surface area contributed by atoms with Crippen molar-refractivity contribution in [1.82, 2.24) is 4.90 Å². The van der Waals surface area contributed by atoms with Crippen LogP contribution >= 0.6 is 23.8 Å². The lowest BCUT2D eigenvalue weighted by atomic mass is 9.82. The lowest BCUT2D eigenvalue weighted by Gasteiger charge is -2.34. The Kier molecular flexibility index (Phi) is 8.11. The highest BCUT2D eigenvalue weighted by Gasteiger charge is 2.25. The van der Waals surface area contributed by atoms with E-state index in [-0.39, 0.29) is 5.92 Å². The van der Waals surface area contributed by atoms with Crippen LogP contribution in [0.15, 0.2) is 48.5 Å². The van der Waals surface area contributed by atoms with Crippen LogP contribution in [-0.4, -0.2) is 22.5 Å². The topological polar surface area (TPSA) is 55.4 Å². The number of hydrogen-bond acceptors (Lipinski definition) is 3. The average molecular weight is 444 g/mol. The second-order valence-corrected chi connectivity index (χ2v) is 8.81.